The number of carbonyl (C=O) groups excluding carboxylic acids is 1. The van der Waals surface area contributed by atoms with E-state index in [4.69, 9.17) is 5.73 Å². The fourth-order valence-electron chi connectivity index (χ4n) is 1.07. The molecular weight excluding hydrogens is 265 g/mol. The Morgan fingerprint density at radius 3 is 1.75 bits per heavy atom. The van der Waals surface area contributed by atoms with Gasteiger partial charge >= 0.3 is 0 Å². The Bertz CT molecular complexity index is 181. The fourth-order valence-corrected chi connectivity index (χ4v) is 1.85. The van der Waals surface area contributed by atoms with Crippen LogP contribution in [0.5, 0.6) is 0 Å². The summed E-state index contributed by atoms with van der Waals surface area (Å²) in [5.74, 6) is 0.0443. The van der Waals surface area contributed by atoms with Gasteiger partial charge in [0.25, 0.3) is 0 Å². The predicted octanol–water partition coefficient (Wildman–Crippen LogP) is 2.35. The summed E-state index contributed by atoms with van der Waals surface area (Å²) < 4.78 is 0.0935. The van der Waals surface area contributed by atoms with Crippen LogP contribution in [0.1, 0.15) is 34.6 Å². The maximum absolute atomic E-state index is 11.1. The highest BCUT2D eigenvalue weighted by Crippen LogP contribution is 2.39. The lowest BCUT2D eigenvalue weighted by atomic mass is 9.73. The predicted molar refractivity (Wildman–Crippen MR) is 60.2 cm³/mol. The van der Waals surface area contributed by atoms with E-state index >= 15 is 0 Å². The highest BCUT2D eigenvalue weighted by molar-refractivity contribution is 14.1. The van der Waals surface area contributed by atoms with Gasteiger partial charge in [0.1, 0.15) is 0 Å². The van der Waals surface area contributed by atoms with Crippen LogP contribution in [-0.4, -0.2) is 9.33 Å². The molecule has 0 aliphatic carbocycles. The van der Waals surface area contributed by atoms with E-state index < -0.39 is 5.41 Å². The molecule has 72 valence electrons. The van der Waals surface area contributed by atoms with E-state index in [2.05, 4.69) is 43.4 Å². The molecule has 0 aromatic rings. The van der Waals surface area contributed by atoms with Crippen molar-refractivity contribution in [2.75, 3.05) is 0 Å². The molecule has 0 aliphatic rings. The van der Waals surface area contributed by atoms with Crippen LogP contribution >= 0.6 is 22.6 Å². The van der Waals surface area contributed by atoms with Gasteiger partial charge in [-0.25, -0.2) is 0 Å². The van der Waals surface area contributed by atoms with Crippen molar-refractivity contribution >= 4 is 28.5 Å². The molecule has 3 heteroatoms. The van der Waals surface area contributed by atoms with Crippen LogP contribution in [0.4, 0.5) is 0 Å². The first-order chi connectivity index (χ1) is 5.10. The first-order valence-corrected chi connectivity index (χ1v) is 5.17. The van der Waals surface area contributed by atoms with Crippen molar-refractivity contribution in [3.63, 3.8) is 0 Å². The first-order valence-electron chi connectivity index (χ1n) is 4.09. The summed E-state index contributed by atoms with van der Waals surface area (Å²) in [6, 6.07) is 0. The molecule has 0 saturated carbocycles. The van der Waals surface area contributed by atoms with Gasteiger partial charge in [0, 0.05) is 8.84 Å². The third-order valence-electron chi connectivity index (χ3n) is 2.75. The molecule has 0 heterocycles. The average molecular weight is 283 g/mol. The summed E-state index contributed by atoms with van der Waals surface area (Å²) in [6.45, 7) is 10.1. The number of rotatable bonds is 3. The van der Waals surface area contributed by atoms with E-state index in [0.29, 0.717) is 0 Å². The lowest BCUT2D eigenvalue weighted by Crippen LogP contribution is -2.43. The van der Waals surface area contributed by atoms with Crippen molar-refractivity contribution in [2.45, 2.75) is 38.0 Å². The number of hydrogen-bond donors (Lipinski definition) is 1. The van der Waals surface area contributed by atoms with Crippen LogP contribution in [0.15, 0.2) is 0 Å². The maximum Gasteiger partial charge on any atom is 0.223 e. The molecule has 1 atom stereocenters. The number of alkyl halides is 1. The second-order valence-electron chi connectivity index (χ2n) is 4.37. The van der Waals surface area contributed by atoms with Gasteiger partial charge in [0.2, 0.25) is 5.91 Å². The number of halogens is 1. The molecule has 2 nitrogen and oxygen atoms in total. The molecule has 0 aliphatic heterocycles. The number of amides is 1. The minimum atomic E-state index is -0.426. The maximum atomic E-state index is 11.1. The summed E-state index contributed by atoms with van der Waals surface area (Å²) in [5.41, 5.74) is 4.90. The first kappa shape index (κ1) is 12.2. The number of primary amides is 1. The van der Waals surface area contributed by atoms with Crippen molar-refractivity contribution < 1.29 is 4.79 Å². The zero-order valence-electron chi connectivity index (χ0n) is 8.44. The van der Waals surface area contributed by atoms with E-state index in [9.17, 15) is 4.79 Å². The Labute approximate surface area is 88.4 Å². The van der Waals surface area contributed by atoms with Crippen molar-refractivity contribution in [3.05, 3.63) is 0 Å². The van der Waals surface area contributed by atoms with E-state index in [1.807, 2.05) is 13.8 Å². The molecule has 0 spiro atoms. The third-order valence-corrected chi connectivity index (χ3v) is 3.68. The molecule has 12 heavy (non-hydrogen) atoms. The van der Waals surface area contributed by atoms with Gasteiger partial charge in [0.05, 0.1) is 0 Å². The topological polar surface area (TPSA) is 43.1 Å². The minimum Gasteiger partial charge on any atom is -0.369 e. The second kappa shape index (κ2) is 3.52. The van der Waals surface area contributed by atoms with Crippen molar-refractivity contribution in [1.29, 1.82) is 0 Å². The minimum absolute atomic E-state index is 0.0935. The molecule has 0 saturated heterocycles. The Hall–Kier alpha value is 0.200. The van der Waals surface area contributed by atoms with Crippen LogP contribution in [0.3, 0.4) is 0 Å². The van der Waals surface area contributed by atoms with E-state index in [0.717, 1.165) is 0 Å². The summed E-state index contributed by atoms with van der Waals surface area (Å²) in [7, 11) is 0. The number of hydrogen-bond acceptors (Lipinski definition) is 1. The van der Waals surface area contributed by atoms with Crippen molar-refractivity contribution in [3.8, 4) is 0 Å². The van der Waals surface area contributed by atoms with Gasteiger partial charge in [-0.15, -0.1) is 0 Å². The highest BCUT2D eigenvalue weighted by Gasteiger charge is 2.39. The van der Waals surface area contributed by atoms with Crippen molar-refractivity contribution in [1.82, 2.24) is 0 Å². The quantitative estimate of drug-likeness (QED) is 0.627. The van der Waals surface area contributed by atoms with Gasteiger partial charge < -0.3 is 5.73 Å². The Kier molecular flexibility index (Phi) is 3.58. The van der Waals surface area contributed by atoms with E-state index in [1.165, 1.54) is 0 Å². The van der Waals surface area contributed by atoms with Gasteiger partial charge in [0.15, 0.2) is 0 Å². The number of carbonyl (C=O) groups is 1. The highest BCUT2D eigenvalue weighted by atomic mass is 127. The summed E-state index contributed by atoms with van der Waals surface area (Å²) >= 11 is 2.35. The SMILES string of the molecule is CC(C(C)(C)I)C(C)(C)C(N)=O. The van der Waals surface area contributed by atoms with Gasteiger partial charge in [-0.05, 0) is 5.92 Å². The van der Waals surface area contributed by atoms with Crippen LogP contribution in [0.2, 0.25) is 0 Å². The Morgan fingerprint density at radius 1 is 1.33 bits per heavy atom. The zero-order chi connectivity index (χ0) is 10.2. The zero-order valence-corrected chi connectivity index (χ0v) is 10.6. The lowest BCUT2D eigenvalue weighted by molar-refractivity contribution is -0.128. The molecule has 0 rings (SSSR count). The molecule has 0 aromatic carbocycles. The fraction of sp³-hybridized carbons (Fsp3) is 0.889. The molecule has 0 bridgehead atoms. The molecule has 0 fully saturated rings. The van der Waals surface area contributed by atoms with Crippen LogP contribution in [0.25, 0.3) is 0 Å². The largest absolute Gasteiger partial charge is 0.369 e. The average Bonchev–Trinajstić information content (AvgIpc) is 1.83. The smallest absolute Gasteiger partial charge is 0.223 e. The van der Waals surface area contributed by atoms with E-state index in [1.54, 1.807) is 0 Å². The van der Waals surface area contributed by atoms with Crippen LogP contribution < -0.4 is 5.73 Å². The summed E-state index contributed by atoms with van der Waals surface area (Å²) in [6.07, 6.45) is 0. The van der Waals surface area contributed by atoms with Crippen LogP contribution in [0, 0.1) is 11.3 Å². The lowest BCUT2D eigenvalue weighted by Gasteiger charge is -2.36. The van der Waals surface area contributed by atoms with E-state index in [-0.39, 0.29) is 15.2 Å². The van der Waals surface area contributed by atoms with Gasteiger partial charge in [-0.3, -0.25) is 4.79 Å². The molecule has 0 aromatic heterocycles. The van der Waals surface area contributed by atoms with Crippen molar-refractivity contribution in [2.24, 2.45) is 17.1 Å². The third kappa shape index (κ3) is 2.61. The Balaban J connectivity index is 4.69. The molecule has 0 radical (unpaired) electrons. The standard InChI is InChI=1S/C9H18INO/c1-6(9(4,5)10)8(2,3)7(11)12/h6H,1-5H3,(H2,11,12). The molecule has 2 N–H and O–H groups in total. The monoisotopic (exact) mass is 283 g/mol. The van der Waals surface area contributed by atoms with Gasteiger partial charge in [-0.1, -0.05) is 57.2 Å². The molecule has 1 unspecified atom stereocenters. The van der Waals surface area contributed by atoms with Gasteiger partial charge in [-0.2, -0.15) is 0 Å². The molecular formula is C9H18INO. The molecule has 1 amide bonds. The number of nitrogens with two attached hydrogens (primary N) is 1. The van der Waals surface area contributed by atoms with Crippen LogP contribution in [-0.2, 0) is 4.79 Å². The second-order valence-corrected chi connectivity index (χ2v) is 7.15. The summed E-state index contributed by atoms with van der Waals surface area (Å²) in [5, 5.41) is 0. The Morgan fingerprint density at radius 2 is 1.67 bits per heavy atom. The summed E-state index contributed by atoms with van der Waals surface area (Å²) in [4.78, 5) is 11.1. The normalized spacial score (nSPS) is 15.8.